The van der Waals surface area contributed by atoms with Crippen LogP contribution in [-0.4, -0.2) is 19.1 Å². The molecule has 0 aliphatic heterocycles. The average molecular weight is 693 g/mol. The summed E-state index contributed by atoms with van der Waals surface area (Å²) in [5.74, 6) is 0.672. The fraction of sp³-hybridized carbons (Fsp3) is 0. The van der Waals surface area contributed by atoms with Gasteiger partial charge in [-0.15, -0.1) is 11.3 Å². The molecule has 53 heavy (non-hydrogen) atoms. The minimum atomic E-state index is 0.672. The van der Waals surface area contributed by atoms with Crippen LogP contribution in [0.4, 0.5) is 0 Å². The maximum atomic E-state index is 5.53. The van der Waals surface area contributed by atoms with Crippen LogP contribution in [0.15, 0.2) is 170 Å². The second-order valence-electron chi connectivity index (χ2n) is 13.8. The van der Waals surface area contributed by atoms with Crippen molar-refractivity contribution in [3.8, 4) is 22.9 Å². The van der Waals surface area contributed by atoms with E-state index >= 15 is 0 Å². The van der Waals surface area contributed by atoms with Gasteiger partial charge in [0.15, 0.2) is 0 Å². The predicted octanol–water partition coefficient (Wildman–Crippen LogP) is 13.0. The summed E-state index contributed by atoms with van der Waals surface area (Å²) in [6.45, 7) is 0. The highest BCUT2D eigenvalue weighted by atomic mass is 32.1. The first-order valence-electron chi connectivity index (χ1n) is 17.9. The molecule has 0 aliphatic carbocycles. The summed E-state index contributed by atoms with van der Waals surface area (Å²) in [5.41, 5.74) is 7.70. The van der Waals surface area contributed by atoms with Gasteiger partial charge in [0.1, 0.15) is 4.83 Å². The van der Waals surface area contributed by atoms with Gasteiger partial charge >= 0.3 is 0 Å². The molecule has 0 saturated heterocycles. The summed E-state index contributed by atoms with van der Waals surface area (Å²) in [4.78, 5) is 11.9. The average Bonchev–Trinajstić information content (AvgIpc) is 3.88. The Hall–Kier alpha value is -6.82. The van der Waals surface area contributed by atoms with Gasteiger partial charge in [0, 0.05) is 48.3 Å². The highest BCUT2D eigenvalue weighted by Gasteiger charge is 2.23. The summed E-state index contributed by atoms with van der Waals surface area (Å²) in [6, 6.07) is 61.2. The van der Waals surface area contributed by atoms with Gasteiger partial charge in [-0.2, -0.15) is 0 Å². The van der Waals surface area contributed by atoms with Crippen LogP contribution < -0.4 is 0 Å². The summed E-state index contributed by atoms with van der Waals surface area (Å²) in [5, 5.41) is 12.0. The molecule has 12 aromatic rings. The van der Waals surface area contributed by atoms with E-state index < -0.39 is 0 Å². The van der Waals surface area contributed by atoms with E-state index in [1.54, 1.807) is 11.3 Å². The Morgan fingerprint density at radius 3 is 1.87 bits per heavy atom. The number of nitrogens with zero attached hydrogens (tertiary/aromatic N) is 4. The fourth-order valence-corrected chi connectivity index (χ4v) is 9.64. The number of para-hydroxylation sites is 2. The van der Waals surface area contributed by atoms with Crippen molar-refractivity contribution < 1.29 is 0 Å². The van der Waals surface area contributed by atoms with Gasteiger partial charge in [0.25, 0.3) is 0 Å². The van der Waals surface area contributed by atoms with Crippen molar-refractivity contribution in [3.63, 3.8) is 0 Å². The zero-order chi connectivity index (χ0) is 34.6. The third-order valence-corrected chi connectivity index (χ3v) is 12.0. The molecule has 0 atom stereocenters. The van der Waals surface area contributed by atoms with Crippen molar-refractivity contribution >= 4 is 96.8 Å². The van der Waals surface area contributed by atoms with E-state index in [2.05, 4.69) is 179 Å². The van der Waals surface area contributed by atoms with Crippen molar-refractivity contribution in [2.45, 2.75) is 0 Å². The molecule has 8 aromatic carbocycles. The van der Waals surface area contributed by atoms with Crippen molar-refractivity contribution in [2.24, 2.45) is 0 Å². The predicted molar refractivity (Wildman–Crippen MR) is 224 cm³/mol. The molecule has 0 aliphatic rings. The third-order valence-electron chi connectivity index (χ3n) is 10.9. The molecule has 4 nitrogen and oxygen atoms in total. The lowest BCUT2D eigenvalue weighted by Gasteiger charge is -2.12. The Labute approximate surface area is 307 Å². The number of aromatic nitrogens is 4. The second kappa shape index (κ2) is 10.8. The van der Waals surface area contributed by atoms with Crippen LogP contribution in [-0.2, 0) is 0 Å². The molecular formula is C48H28N4S. The minimum Gasteiger partial charge on any atom is -0.309 e. The molecule has 0 fully saturated rings. The van der Waals surface area contributed by atoms with Gasteiger partial charge in [0.2, 0.25) is 5.95 Å². The van der Waals surface area contributed by atoms with E-state index in [1.165, 1.54) is 64.2 Å². The van der Waals surface area contributed by atoms with Gasteiger partial charge in [-0.3, -0.25) is 4.57 Å². The summed E-state index contributed by atoms with van der Waals surface area (Å²) in [6.07, 6.45) is 0. The van der Waals surface area contributed by atoms with Crippen LogP contribution >= 0.6 is 11.3 Å². The van der Waals surface area contributed by atoms with Gasteiger partial charge in [0.05, 0.1) is 27.8 Å². The number of thiophene rings is 1. The van der Waals surface area contributed by atoms with Gasteiger partial charge < -0.3 is 4.57 Å². The Kier molecular flexibility index (Phi) is 5.90. The first kappa shape index (κ1) is 28.8. The molecule has 0 unspecified atom stereocenters. The highest BCUT2D eigenvalue weighted by Crippen LogP contribution is 2.44. The number of benzene rings is 8. The van der Waals surface area contributed by atoms with Crippen molar-refractivity contribution in [3.05, 3.63) is 170 Å². The lowest BCUT2D eigenvalue weighted by molar-refractivity contribution is 1.02. The summed E-state index contributed by atoms with van der Waals surface area (Å²) in [7, 11) is 0. The number of hydrogen-bond acceptors (Lipinski definition) is 3. The van der Waals surface area contributed by atoms with E-state index in [-0.39, 0.29) is 0 Å². The molecule has 0 spiro atoms. The fourth-order valence-electron chi connectivity index (χ4n) is 8.57. The van der Waals surface area contributed by atoms with E-state index in [4.69, 9.17) is 9.97 Å². The van der Waals surface area contributed by atoms with Crippen LogP contribution in [0.3, 0.4) is 0 Å². The maximum absolute atomic E-state index is 5.53. The molecule has 0 radical (unpaired) electrons. The van der Waals surface area contributed by atoms with Crippen LogP contribution in [0.25, 0.3) is 108 Å². The quantitative estimate of drug-likeness (QED) is 0.185. The van der Waals surface area contributed by atoms with Crippen LogP contribution in [0.1, 0.15) is 0 Å². The largest absolute Gasteiger partial charge is 0.309 e. The van der Waals surface area contributed by atoms with Gasteiger partial charge in [-0.25, -0.2) is 9.97 Å². The smallest absolute Gasteiger partial charge is 0.236 e. The summed E-state index contributed by atoms with van der Waals surface area (Å²) >= 11 is 1.73. The van der Waals surface area contributed by atoms with E-state index in [0.717, 1.165) is 38.2 Å². The molecule has 5 heteroatoms. The summed E-state index contributed by atoms with van der Waals surface area (Å²) < 4.78 is 5.94. The van der Waals surface area contributed by atoms with Crippen molar-refractivity contribution in [1.29, 1.82) is 0 Å². The molecule has 0 N–H and O–H groups in total. The molecule has 0 amide bonds. The van der Waals surface area contributed by atoms with Crippen molar-refractivity contribution in [1.82, 2.24) is 19.1 Å². The highest BCUT2D eigenvalue weighted by molar-refractivity contribution is 7.25. The lowest BCUT2D eigenvalue weighted by atomic mass is 10.0. The first-order chi connectivity index (χ1) is 26.3. The molecular weight excluding hydrogens is 665 g/mol. The Morgan fingerprint density at radius 1 is 0.415 bits per heavy atom. The zero-order valence-corrected chi connectivity index (χ0v) is 29.2. The Morgan fingerprint density at radius 2 is 1.06 bits per heavy atom. The molecule has 4 heterocycles. The Bertz CT molecular complexity index is 3470. The van der Waals surface area contributed by atoms with Crippen LogP contribution in [0, 0.1) is 0 Å². The SMILES string of the molecule is c1ccc2cc(-c3nc(-n4c5ccccc5c5c4ccc4c6ccccc6n(-c6ccc7ccccc7c6)c45)nc4sc5ccccc5c34)ccc2c1. The minimum absolute atomic E-state index is 0.672. The maximum Gasteiger partial charge on any atom is 0.236 e. The molecule has 246 valence electrons. The monoisotopic (exact) mass is 692 g/mol. The van der Waals surface area contributed by atoms with E-state index in [1.807, 2.05) is 0 Å². The van der Waals surface area contributed by atoms with E-state index in [9.17, 15) is 0 Å². The van der Waals surface area contributed by atoms with Crippen LogP contribution in [0.2, 0.25) is 0 Å². The second-order valence-corrected chi connectivity index (χ2v) is 14.8. The zero-order valence-electron chi connectivity index (χ0n) is 28.4. The normalized spacial score (nSPS) is 12.2. The number of fused-ring (bicyclic) bond motifs is 12. The molecule has 12 rings (SSSR count). The van der Waals surface area contributed by atoms with Gasteiger partial charge in [-0.1, -0.05) is 127 Å². The molecule has 0 saturated carbocycles. The molecule has 0 bridgehead atoms. The topological polar surface area (TPSA) is 35.6 Å². The lowest BCUT2D eigenvalue weighted by Crippen LogP contribution is -2.02. The number of rotatable bonds is 3. The van der Waals surface area contributed by atoms with Crippen molar-refractivity contribution in [2.75, 3.05) is 0 Å². The Balaban J connectivity index is 1.21. The number of hydrogen-bond donors (Lipinski definition) is 0. The van der Waals surface area contributed by atoms with Gasteiger partial charge in [-0.05, 0) is 64.0 Å². The van der Waals surface area contributed by atoms with E-state index in [0.29, 0.717) is 5.95 Å². The third kappa shape index (κ3) is 4.11. The first-order valence-corrected chi connectivity index (χ1v) is 18.7. The van der Waals surface area contributed by atoms with Crippen LogP contribution in [0.5, 0.6) is 0 Å². The standard InChI is InChI=1S/C48H28N4S/c1-3-13-31-27-33(22-21-29(31)11-1)45-44-38-17-7-10-20-42(38)53-47(44)50-48(49-45)52-40-19-9-6-16-37(40)43-41(52)26-25-36-35-15-5-8-18-39(35)51(46(36)43)34-24-23-30-12-2-4-14-32(30)28-34/h1-28H. The molecule has 4 aromatic heterocycles.